The minimum Gasteiger partial charge on any atom is -0.497 e. The van der Waals surface area contributed by atoms with Crippen molar-refractivity contribution in [2.75, 3.05) is 12.4 Å². The van der Waals surface area contributed by atoms with Gasteiger partial charge in [-0.25, -0.2) is 0 Å². The van der Waals surface area contributed by atoms with E-state index in [-0.39, 0.29) is 29.5 Å². The van der Waals surface area contributed by atoms with Crippen LogP contribution in [0, 0.1) is 13.8 Å². The van der Waals surface area contributed by atoms with Gasteiger partial charge in [0.1, 0.15) is 17.9 Å². The van der Waals surface area contributed by atoms with Crippen molar-refractivity contribution in [2.24, 2.45) is 0 Å². The Morgan fingerprint density at radius 3 is 2.56 bits per heavy atom. The summed E-state index contributed by atoms with van der Waals surface area (Å²) in [6.07, 6.45) is 0.789. The Morgan fingerprint density at radius 2 is 1.85 bits per heavy atom. The van der Waals surface area contributed by atoms with Gasteiger partial charge in [0.25, 0.3) is 11.4 Å². The molecule has 0 fully saturated rings. The summed E-state index contributed by atoms with van der Waals surface area (Å²) in [5, 5.41) is 6.95. The maximum absolute atomic E-state index is 13.4. The van der Waals surface area contributed by atoms with Gasteiger partial charge in [-0.3, -0.25) is 9.59 Å². The molecule has 4 rings (SSSR count). The Hall–Kier alpha value is -4.20. The van der Waals surface area contributed by atoms with Gasteiger partial charge in [0.15, 0.2) is 0 Å². The van der Waals surface area contributed by atoms with E-state index in [1.54, 1.807) is 26.2 Å². The van der Waals surface area contributed by atoms with Gasteiger partial charge in [-0.15, -0.1) is 0 Å². The first-order valence-electron chi connectivity index (χ1n) is 11.0. The van der Waals surface area contributed by atoms with Gasteiger partial charge in [-0.05, 0) is 67.8 Å². The fraction of sp³-hybridized carbons (Fsp3) is 0.231. The quantitative estimate of drug-likeness (QED) is 0.441. The lowest BCUT2D eigenvalue weighted by Gasteiger charge is -2.14. The molecule has 34 heavy (non-hydrogen) atoms. The first-order chi connectivity index (χ1) is 16.4. The molecule has 0 saturated carbocycles. The van der Waals surface area contributed by atoms with Crippen LogP contribution in [0.5, 0.6) is 5.75 Å². The molecule has 1 amide bonds. The van der Waals surface area contributed by atoms with E-state index in [1.807, 2.05) is 56.3 Å². The maximum atomic E-state index is 13.4. The second kappa shape index (κ2) is 9.74. The number of hydrogen-bond donors (Lipinski definition) is 1. The number of pyridine rings is 1. The molecule has 0 radical (unpaired) electrons. The molecule has 2 heterocycles. The Labute approximate surface area is 197 Å². The molecule has 0 spiro atoms. The number of anilines is 1. The zero-order valence-electron chi connectivity index (χ0n) is 19.6. The molecule has 8 heteroatoms. The lowest BCUT2D eigenvalue weighted by Crippen LogP contribution is -2.31. The van der Waals surface area contributed by atoms with Crippen LogP contribution < -0.4 is 15.6 Å². The number of aromatic nitrogens is 3. The standard InChI is InChI=1S/C26H26N4O4/c1-5-18-8-6-7-9-21(18)27-22(31)15-30-17(3)14-16(2)23(26(30)32)25-28-24(29-34-25)19-10-12-20(33-4)13-11-19/h6-14H,5,15H2,1-4H3,(H,27,31). The van der Waals surface area contributed by atoms with Crippen LogP contribution in [0.15, 0.2) is 63.9 Å². The normalized spacial score (nSPS) is 10.8. The van der Waals surface area contributed by atoms with Crippen molar-refractivity contribution in [3.05, 3.63) is 81.8 Å². The summed E-state index contributed by atoms with van der Waals surface area (Å²) in [6.45, 7) is 5.50. The molecule has 0 atom stereocenters. The number of nitrogens with one attached hydrogen (secondary N) is 1. The highest BCUT2D eigenvalue weighted by Crippen LogP contribution is 2.24. The SMILES string of the molecule is CCc1ccccc1NC(=O)Cn1c(C)cc(C)c(-c2nc(-c3ccc(OC)cc3)no2)c1=O. The molecule has 4 aromatic rings. The second-order valence-electron chi connectivity index (χ2n) is 7.95. The number of para-hydroxylation sites is 1. The average Bonchev–Trinajstić information content (AvgIpc) is 3.31. The molecule has 1 N–H and O–H groups in total. The highest BCUT2D eigenvalue weighted by Gasteiger charge is 2.20. The zero-order valence-corrected chi connectivity index (χ0v) is 19.6. The average molecular weight is 459 g/mol. The zero-order chi connectivity index (χ0) is 24.2. The third-order valence-electron chi connectivity index (χ3n) is 5.67. The van der Waals surface area contributed by atoms with Crippen LogP contribution >= 0.6 is 0 Å². The third kappa shape index (κ3) is 4.61. The van der Waals surface area contributed by atoms with Crippen molar-refractivity contribution in [1.82, 2.24) is 14.7 Å². The number of amides is 1. The number of aryl methyl sites for hydroxylation is 3. The molecule has 0 aliphatic heterocycles. The number of carbonyl (C=O) groups is 1. The van der Waals surface area contributed by atoms with Gasteiger partial charge in [0.2, 0.25) is 11.7 Å². The van der Waals surface area contributed by atoms with Crippen LogP contribution in [0.4, 0.5) is 5.69 Å². The fourth-order valence-corrected chi connectivity index (χ4v) is 3.85. The summed E-state index contributed by atoms with van der Waals surface area (Å²) in [5.41, 5.74) is 3.78. The summed E-state index contributed by atoms with van der Waals surface area (Å²) in [5.74, 6) is 0.895. The lowest BCUT2D eigenvalue weighted by molar-refractivity contribution is -0.116. The number of ether oxygens (including phenoxy) is 1. The van der Waals surface area contributed by atoms with Crippen molar-refractivity contribution in [3.63, 3.8) is 0 Å². The predicted molar refractivity (Wildman–Crippen MR) is 130 cm³/mol. The van der Waals surface area contributed by atoms with Crippen LogP contribution in [-0.2, 0) is 17.8 Å². The molecule has 0 saturated heterocycles. The van der Waals surface area contributed by atoms with Crippen molar-refractivity contribution in [3.8, 4) is 28.6 Å². The van der Waals surface area contributed by atoms with Gasteiger partial charge >= 0.3 is 0 Å². The lowest BCUT2D eigenvalue weighted by atomic mass is 10.1. The molecule has 0 aliphatic carbocycles. The summed E-state index contributed by atoms with van der Waals surface area (Å²) >= 11 is 0. The van der Waals surface area contributed by atoms with Crippen molar-refractivity contribution in [2.45, 2.75) is 33.7 Å². The second-order valence-corrected chi connectivity index (χ2v) is 7.95. The Balaban J connectivity index is 1.64. The van der Waals surface area contributed by atoms with Crippen molar-refractivity contribution < 1.29 is 14.1 Å². The first-order valence-corrected chi connectivity index (χ1v) is 11.0. The maximum Gasteiger partial charge on any atom is 0.264 e. The number of rotatable bonds is 7. The highest BCUT2D eigenvalue weighted by atomic mass is 16.5. The Bertz CT molecular complexity index is 1390. The van der Waals surface area contributed by atoms with E-state index in [4.69, 9.17) is 9.26 Å². The molecule has 8 nitrogen and oxygen atoms in total. The van der Waals surface area contributed by atoms with E-state index < -0.39 is 0 Å². The molecule has 0 aliphatic rings. The van der Waals surface area contributed by atoms with E-state index in [0.29, 0.717) is 22.8 Å². The van der Waals surface area contributed by atoms with Crippen LogP contribution in [-0.4, -0.2) is 27.7 Å². The smallest absolute Gasteiger partial charge is 0.264 e. The van der Waals surface area contributed by atoms with Crippen LogP contribution in [0.2, 0.25) is 0 Å². The first kappa shape index (κ1) is 23.0. The number of nitrogens with zero attached hydrogens (tertiary/aromatic N) is 3. The van der Waals surface area contributed by atoms with Crippen LogP contribution in [0.3, 0.4) is 0 Å². The van der Waals surface area contributed by atoms with Gasteiger partial charge in [-0.2, -0.15) is 4.98 Å². The third-order valence-corrected chi connectivity index (χ3v) is 5.67. The Kier molecular flexibility index (Phi) is 6.58. The van der Waals surface area contributed by atoms with Crippen LogP contribution in [0.25, 0.3) is 22.8 Å². The summed E-state index contributed by atoms with van der Waals surface area (Å²) < 4.78 is 12.0. The molecular formula is C26H26N4O4. The largest absolute Gasteiger partial charge is 0.497 e. The molecule has 2 aromatic heterocycles. The van der Waals surface area contributed by atoms with Gasteiger partial charge in [-0.1, -0.05) is 30.3 Å². The van der Waals surface area contributed by atoms with Gasteiger partial charge < -0.3 is 19.1 Å². The van der Waals surface area contributed by atoms with Crippen LogP contribution in [0.1, 0.15) is 23.7 Å². The molecular weight excluding hydrogens is 432 g/mol. The molecule has 2 aromatic carbocycles. The van der Waals surface area contributed by atoms with E-state index >= 15 is 0 Å². The van der Waals surface area contributed by atoms with Crippen molar-refractivity contribution in [1.29, 1.82) is 0 Å². The minimum absolute atomic E-state index is 0.110. The topological polar surface area (TPSA) is 99.2 Å². The van der Waals surface area contributed by atoms with E-state index in [9.17, 15) is 9.59 Å². The molecule has 174 valence electrons. The number of benzene rings is 2. The van der Waals surface area contributed by atoms with Gasteiger partial charge in [0.05, 0.1) is 7.11 Å². The fourth-order valence-electron chi connectivity index (χ4n) is 3.85. The van der Waals surface area contributed by atoms with Gasteiger partial charge in [0, 0.05) is 16.9 Å². The summed E-state index contributed by atoms with van der Waals surface area (Å²) in [4.78, 5) is 30.6. The van der Waals surface area contributed by atoms with E-state index in [2.05, 4.69) is 15.5 Å². The highest BCUT2D eigenvalue weighted by molar-refractivity contribution is 5.91. The monoisotopic (exact) mass is 458 g/mol. The number of hydrogen-bond acceptors (Lipinski definition) is 6. The molecule has 0 unspecified atom stereocenters. The Morgan fingerprint density at radius 1 is 1.12 bits per heavy atom. The summed E-state index contributed by atoms with van der Waals surface area (Å²) in [7, 11) is 1.59. The van der Waals surface area contributed by atoms with Crippen molar-refractivity contribution >= 4 is 11.6 Å². The van der Waals surface area contributed by atoms with E-state index in [0.717, 1.165) is 23.2 Å². The number of carbonyl (C=O) groups excluding carboxylic acids is 1. The summed E-state index contributed by atoms with van der Waals surface area (Å²) in [6, 6.07) is 16.7. The number of methoxy groups -OCH3 is 1. The molecule has 0 bridgehead atoms. The minimum atomic E-state index is -0.360. The van der Waals surface area contributed by atoms with E-state index in [1.165, 1.54) is 4.57 Å². The predicted octanol–water partition coefficient (Wildman–Crippen LogP) is 4.39.